The number of alkyl halides is 2. The van der Waals surface area contributed by atoms with Crippen molar-refractivity contribution in [3.63, 3.8) is 0 Å². The van der Waals surface area contributed by atoms with Crippen LogP contribution in [0.5, 0.6) is 0 Å². The number of rotatable bonds is 5. The van der Waals surface area contributed by atoms with Gasteiger partial charge in [-0.3, -0.25) is 0 Å². The van der Waals surface area contributed by atoms with Gasteiger partial charge < -0.3 is 5.73 Å². The standard InChI is InChI=1S/C11H15F2NS/c1-8(6-7-14)9-4-2-3-5-10(9)15-11(12)13/h2-5,8,11H,6-7,14H2,1H3. The van der Waals surface area contributed by atoms with E-state index in [4.69, 9.17) is 5.73 Å². The van der Waals surface area contributed by atoms with Gasteiger partial charge in [-0.2, -0.15) is 8.78 Å². The van der Waals surface area contributed by atoms with E-state index < -0.39 is 5.76 Å². The van der Waals surface area contributed by atoms with E-state index >= 15 is 0 Å². The molecular formula is C11H15F2NS. The Bertz CT molecular complexity index is 304. The first-order valence-corrected chi connectivity index (χ1v) is 5.77. The fraction of sp³-hybridized carbons (Fsp3) is 0.455. The molecule has 1 nitrogen and oxygen atoms in total. The molecule has 84 valence electrons. The summed E-state index contributed by atoms with van der Waals surface area (Å²) in [5, 5.41) is 0. The van der Waals surface area contributed by atoms with Crippen molar-refractivity contribution >= 4 is 11.8 Å². The lowest BCUT2D eigenvalue weighted by atomic mass is 9.98. The monoisotopic (exact) mass is 231 g/mol. The van der Waals surface area contributed by atoms with Crippen LogP contribution in [0.4, 0.5) is 8.78 Å². The molecule has 0 radical (unpaired) electrons. The Balaban J connectivity index is 2.85. The van der Waals surface area contributed by atoms with Crippen molar-refractivity contribution in [2.75, 3.05) is 6.54 Å². The van der Waals surface area contributed by atoms with Crippen molar-refractivity contribution in [2.45, 2.75) is 29.9 Å². The SMILES string of the molecule is CC(CCN)c1ccccc1SC(F)F. The van der Waals surface area contributed by atoms with Gasteiger partial charge in [-0.25, -0.2) is 0 Å². The molecule has 0 amide bonds. The van der Waals surface area contributed by atoms with Crippen LogP contribution in [0.1, 0.15) is 24.8 Å². The van der Waals surface area contributed by atoms with Crippen LogP contribution in [0.2, 0.25) is 0 Å². The minimum absolute atomic E-state index is 0.234. The Morgan fingerprint density at radius 2 is 2.00 bits per heavy atom. The third-order valence-electron chi connectivity index (χ3n) is 2.27. The van der Waals surface area contributed by atoms with Crippen LogP contribution in [0.25, 0.3) is 0 Å². The first-order chi connectivity index (χ1) is 7.15. The third-order valence-corrected chi connectivity index (χ3v) is 3.07. The van der Waals surface area contributed by atoms with Crippen molar-refractivity contribution in [3.8, 4) is 0 Å². The number of nitrogens with two attached hydrogens (primary N) is 1. The number of benzene rings is 1. The van der Waals surface area contributed by atoms with Gasteiger partial charge in [0.15, 0.2) is 0 Å². The topological polar surface area (TPSA) is 26.0 Å². The maximum absolute atomic E-state index is 12.3. The smallest absolute Gasteiger partial charge is 0.288 e. The van der Waals surface area contributed by atoms with Crippen LogP contribution in [0.3, 0.4) is 0 Å². The highest BCUT2D eigenvalue weighted by molar-refractivity contribution is 7.99. The van der Waals surface area contributed by atoms with Crippen LogP contribution in [-0.4, -0.2) is 12.3 Å². The molecule has 1 aromatic carbocycles. The first kappa shape index (κ1) is 12.5. The van der Waals surface area contributed by atoms with Crippen molar-refractivity contribution in [1.29, 1.82) is 0 Å². The first-order valence-electron chi connectivity index (χ1n) is 4.89. The fourth-order valence-corrected chi connectivity index (χ4v) is 2.25. The van der Waals surface area contributed by atoms with Crippen molar-refractivity contribution < 1.29 is 8.78 Å². The molecule has 0 bridgehead atoms. The van der Waals surface area contributed by atoms with Gasteiger partial charge in [-0.1, -0.05) is 36.9 Å². The van der Waals surface area contributed by atoms with Gasteiger partial charge in [-0.15, -0.1) is 0 Å². The molecule has 0 saturated heterocycles. The molecule has 4 heteroatoms. The second-order valence-corrected chi connectivity index (χ2v) is 4.43. The van der Waals surface area contributed by atoms with Crippen LogP contribution in [0, 0.1) is 0 Å². The van der Waals surface area contributed by atoms with E-state index in [-0.39, 0.29) is 5.92 Å². The summed E-state index contributed by atoms with van der Waals surface area (Å²) in [6.07, 6.45) is 0.820. The highest BCUT2D eigenvalue weighted by Gasteiger charge is 2.13. The maximum atomic E-state index is 12.3. The molecule has 0 aliphatic carbocycles. The predicted molar refractivity (Wildman–Crippen MR) is 60.4 cm³/mol. The van der Waals surface area contributed by atoms with E-state index in [0.717, 1.165) is 12.0 Å². The molecular weight excluding hydrogens is 216 g/mol. The van der Waals surface area contributed by atoms with E-state index in [9.17, 15) is 8.78 Å². The Morgan fingerprint density at radius 3 is 2.60 bits per heavy atom. The van der Waals surface area contributed by atoms with Gasteiger partial charge in [0, 0.05) is 4.90 Å². The van der Waals surface area contributed by atoms with Crippen molar-refractivity contribution in [2.24, 2.45) is 5.73 Å². The Labute approximate surface area is 93.1 Å². The Kier molecular flexibility index (Phi) is 5.05. The molecule has 0 aliphatic rings. The molecule has 2 N–H and O–H groups in total. The molecule has 0 saturated carbocycles. The van der Waals surface area contributed by atoms with E-state index in [0.29, 0.717) is 23.2 Å². The zero-order valence-corrected chi connectivity index (χ0v) is 9.44. The molecule has 15 heavy (non-hydrogen) atoms. The average Bonchev–Trinajstić information content (AvgIpc) is 2.18. The Morgan fingerprint density at radius 1 is 1.33 bits per heavy atom. The summed E-state index contributed by atoms with van der Waals surface area (Å²) < 4.78 is 24.6. The van der Waals surface area contributed by atoms with E-state index in [1.54, 1.807) is 12.1 Å². The molecule has 1 aromatic rings. The van der Waals surface area contributed by atoms with Crippen LogP contribution >= 0.6 is 11.8 Å². The number of hydrogen-bond acceptors (Lipinski definition) is 2. The fourth-order valence-electron chi connectivity index (χ4n) is 1.50. The summed E-state index contributed by atoms with van der Waals surface area (Å²) in [6, 6.07) is 7.28. The number of hydrogen-bond donors (Lipinski definition) is 1. The van der Waals surface area contributed by atoms with Gasteiger partial charge in [0.25, 0.3) is 5.76 Å². The van der Waals surface area contributed by atoms with E-state index in [1.807, 2.05) is 19.1 Å². The zero-order chi connectivity index (χ0) is 11.3. The molecule has 0 aromatic heterocycles. The molecule has 0 aliphatic heterocycles. The van der Waals surface area contributed by atoms with Crippen molar-refractivity contribution in [1.82, 2.24) is 0 Å². The average molecular weight is 231 g/mol. The molecule has 1 unspecified atom stereocenters. The maximum Gasteiger partial charge on any atom is 0.288 e. The van der Waals surface area contributed by atoms with Gasteiger partial charge in [0.2, 0.25) is 0 Å². The second-order valence-electron chi connectivity index (χ2n) is 3.39. The van der Waals surface area contributed by atoms with Crippen LogP contribution in [0.15, 0.2) is 29.2 Å². The van der Waals surface area contributed by atoms with Crippen LogP contribution < -0.4 is 5.73 Å². The van der Waals surface area contributed by atoms with E-state index in [1.165, 1.54) is 0 Å². The Hall–Kier alpha value is -0.610. The van der Waals surface area contributed by atoms with Gasteiger partial charge >= 0.3 is 0 Å². The summed E-state index contributed by atoms with van der Waals surface area (Å²) >= 11 is 0.605. The lowest BCUT2D eigenvalue weighted by molar-refractivity contribution is 0.252. The van der Waals surface area contributed by atoms with Gasteiger partial charge in [0.05, 0.1) is 0 Å². The number of thioether (sulfide) groups is 1. The molecule has 1 rings (SSSR count). The zero-order valence-electron chi connectivity index (χ0n) is 8.62. The largest absolute Gasteiger partial charge is 0.330 e. The highest BCUT2D eigenvalue weighted by Crippen LogP contribution is 2.33. The summed E-state index contributed by atoms with van der Waals surface area (Å²) in [7, 11) is 0. The molecule has 1 atom stereocenters. The summed E-state index contributed by atoms with van der Waals surface area (Å²) in [6.45, 7) is 2.59. The van der Waals surface area contributed by atoms with E-state index in [2.05, 4.69) is 0 Å². The summed E-state index contributed by atoms with van der Waals surface area (Å²) in [5.41, 5.74) is 6.43. The lowest BCUT2D eigenvalue weighted by Crippen LogP contribution is -2.05. The third kappa shape index (κ3) is 3.80. The van der Waals surface area contributed by atoms with Crippen molar-refractivity contribution in [3.05, 3.63) is 29.8 Å². The molecule has 0 fully saturated rings. The quantitative estimate of drug-likeness (QED) is 0.785. The minimum atomic E-state index is -2.36. The summed E-state index contributed by atoms with van der Waals surface area (Å²) in [5.74, 6) is -2.13. The second kappa shape index (κ2) is 6.08. The van der Waals surface area contributed by atoms with Crippen LogP contribution in [-0.2, 0) is 0 Å². The normalized spacial score (nSPS) is 13.1. The summed E-state index contributed by atoms with van der Waals surface area (Å²) in [4.78, 5) is 0.661. The predicted octanol–water partition coefficient (Wildman–Crippen LogP) is 3.45. The minimum Gasteiger partial charge on any atom is -0.330 e. The highest BCUT2D eigenvalue weighted by atomic mass is 32.2. The van der Waals surface area contributed by atoms with Gasteiger partial charge in [0.1, 0.15) is 0 Å². The number of halogens is 2. The molecule has 0 heterocycles. The molecule has 0 spiro atoms. The lowest BCUT2D eigenvalue weighted by Gasteiger charge is -2.14. The van der Waals surface area contributed by atoms with Gasteiger partial charge in [-0.05, 0) is 30.5 Å².